The minimum Gasteiger partial charge on any atom is -0.356 e. The van der Waals surface area contributed by atoms with E-state index in [0.29, 0.717) is 29.2 Å². The van der Waals surface area contributed by atoms with Crippen molar-refractivity contribution in [2.75, 3.05) is 17.2 Å². The number of carbonyl (C=O) groups excluding carboxylic acids is 2. The molecule has 0 saturated heterocycles. The van der Waals surface area contributed by atoms with Crippen LogP contribution in [0.25, 0.3) is 11.0 Å². The van der Waals surface area contributed by atoms with Gasteiger partial charge in [0.1, 0.15) is 5.69 Å². The first kappa shape index (κ1) is 17.2. The Morgan fingerprint density at radius 2 is 1.73 bits per heavy atom. The number of aromatic nitrogens is 1. The molecule has 2 aromatic carbocycles. The van der Waals surface area contributed by atoms with Crippen LogP contribution in [0.1, 0.15) is 5.69 Å². The minimum atomic E-state index is -0.320. The Hall–Kier alpha value is -3.61. The van der Waals surface area contributed by atoms with Crippen molar-refractivity contribution in [1.29, 1.82) is 0 Å². The fraction of sp³-hybridized carbons (Fsp3) is 0.105. The molecule has 0 aliphatic heterocycles. The highest BCUT2D eigenvalue weighted by molar-refractivity contribution is 5.95. The summed E-state index contributed by atoms with van der Waals surface area (Å²) in [6.07, 6.45) is 1.71. The molecule has 0 aliphatic rings. The lowest BCUT2D eigenvalue weighted by molar-refractivity contribution is -0.115. The zero-order valence-electron chi connectivity index (χ0n) is 14.0. The van der Waals surface area contributed by atoms with Gasteiger partial charge >= 0.3 is 6.03 Å². The summed E-state index contributed by atoms with van der Waals surface area (Å²) in [6.45, 7) is 3.91. The molecule has 7 heteroatoms. The second-order valence-electron chi connectivity index (χ2n) is 5.55. The van der Waals surface area contributed by atoms with E-state index < -0.39 is 0 Å². The number of nitrogens with zero attached hydrogens (tertiary/aromatic N) is 1. The first-order valence-electron chi connectivity index (χ1n) is 8.04. The molecule has 0 unspecified atom stereocenters. The van der Waals surface area contributed by atoms with Crippen LogP contribution in [0.4, 0.5) is 16.2 Å². The number of hydrogen-bond acceptors (Lipinski definition) is 4. The third kappa shape index (κ3) is 4.27. The number of carbonyl (C=O) groups is 2. The van der Waals surface area contributed by atoms with E-state index in [9.17, 15) is 9.59 Å². The van der Waals surface area contributed by atoms with Gasteiger partial charge in [0, 0.05) is 23.3 Å². The maximum atomic E-state index is 12.2. The van der Waals surface area contributed by atoms with Crippen molar-refractivity contribution in [3.8, 4) is 0 Å². The van der Waals surface area contributed by atoms with Crippen LogP contribution >= 0.6 is 0 Å². The molecule has 7 nitrogen and oxygen atoms in total. The second kappa shape index (κ2) is 7.98. The molecule has 0 atom stereocenters. The van der Waals surface area contributed by atoms with Gasteiger partial charge in [-0.2, -0.15) is 0 Å². The molecule has 3 rings (SSSR count). The summed E-state index contributed by atoms with van der Waals surface area (Å²) in [6, 6.07) is 13.9. The SMILES string of the molecule is C=CCNC(=O)Nc1ccc(NC(=O)Cc2noc3ccccc23)cc1. The standard InChI is InChI=1S/C19H18N4O3/c1-2-11-20-19(25)22-14-9-7-13(8-10-14)21-18(24)12-16-15-5-3-4-6-17(15)26-23-16/h2-10H,1,11-12H2,(H,21,24)(H2,20,22,25). The Labute approximate surface area is 150 Å². The van der Waals surface area contributed by atoms with Gasteiger partial charge in [-0.3, -0.25) is 4.79 Å². The van der Waals surface area contributed by atoms with E-state index in [1.54, 1.807) is 36.4 Å². The molecule has 3 aromatic rings. The van der Waals surface area contributed by atoms with Crippen LogP contribution in [0, 0.1) is 0 Å². The van der Waals surface area contributed by atoms with Crippen molar-refractivity contribution in [2.45, 2.75) is 6.42 Å². The van der Waals surface area contributed by atoms with E-state index >= 15 is 0 Å². The molecule has 26 heavy (non-hydrogen) atoms. The third-order valence-corrected chi connectivity index (χ3v) is 3.61. The monoisotopic (exact) mass is 350 g/mol. The van der Waals surface area contributed by atoms with Crippen LogP contribution in [-0.4, -0.2) is 23.6 Å². The molecule has 3 N–H and O–H groups in total. The minimum absolute atomic E-state index is 0.112. The van der Waals surface area contributed by atoms with Gasteiger partial charge in [0.2, 0.25) is 5.91 Å². The number of hydrogen-bond donors (Lipinski definition) is 3. The van der Waals surface area contributed by atoms with E-state index in [-0.39, 0.29) is 18.4 Å². The number of nitrogens with one attached hydrogen (secondary N) is 3. The molecule has 0 bridgehead atoms. The molecule has 132 valence electrons. The summed E-state index contributed by atoms with van der Waals surface area (Å²) < 4.78 is 5.20. The van der Waals surface area contributed by atoms with Crippen molar-refractivity contribution in [2.24, 2.45) is 0 Å². The molecule has 0 spiro atoms. The maximum Gasteiger partial charge on any atom is 0.319 e. The average Bonchev–Trinajstić information content (AvgIpc) is 3.04. The van der Waals surface area contributed by atoms with Crippen molar-refractivity contribution in [3.05, 3.63) is 66.9 Å². The zero-order valence-corrected chi connectivity index (χ0v) is 14.0. The number of fused-ring (bicyclic) bond motifs is 1. The first-order valence-corrected chi connectivity index (χ1v) is 8.04. The first-order chi connectivity index (χ1) is 12.7. The van der Waals surface area contributed by atoms with Crippen LogP contribution in [0.3, 0.4) is 0 Å². The highest BCUT2D eigenvalue weighted by Gasteiger charge is 2.12. The van der Waals surface area contributed by atoms with Crippen molar-refractivity contribution in [1.82, 2.24) is 10.5 Å². The van der Waals surface area contributed by atoms with E-state index in [2.05, 4.69) is 27.7 Å². The highest BCUT2D eigenvalue weighted by atomic mass is 16.5. The van der Waals surface area contributed by atoms with Gasteiger partial charge in [-0.1, -0.05) is 23.4 Å². The summed E-state index contributed by atoms with van der Waals surface area (Å²) >= 11 is 0. The lowest BCUT2D eigenvalue weighted by Crippen LogP contribution is -2.28. The van der Waals surface area contributed by atoms with Crippen molar-refractivity contribution < 1.29 is 14.1 Å². The van der Waals surface area contributed by atoms with E-state index in [1.807, 2.05) is 18.2 Å². The van der Waals surface area contributed by atoms with Gasteiger partial charge in [0.05, 0.1) is 6.42 Å². The van der Waals surface area contributed by atoms with Crippen LogP contribution < -0.4 is 16.0 Å². The zero-order chi connectivity index (χ0) is 18.4. The maximum absolute atomic E-state index is 12.2. The lowest BCUT2D eigenvalue weighted by Gasteiger charge is -2.08. The molecule has 1 heterocycles. The van der Waals surface area contributed by atoms with Gasteiger partial charge in [-0.05, 0) is 36.4 Å². The summed E-state index contributed by atoms with van der Waals surface area (Å²) in [5.74, 6) is -0.200. The van der Waals surface area contributed by atoms with Gasteiger partial charge in [-0.25, -0.2) is 4.79 Å². The molecule has 0 aliphatic carbocycles. The number of anilines is 2. The van der Waals surface area contributed by atoms with Crippen LogP contribution in [0.5, 0.6) is 0 Å². The Morgan fingerprint density at radius 1 is 1.04 bits per heavy atom. The highest BCUT2D eigenvalue weighted by Crippen LogP contribution is 2.19. The Morgan fingerprint density at radius 3 is 2.46 bits per heavy atom. The number of amides is 3. The number of rotatable bonds is 6. The van der Waals surface area contributed by atoms with Crippen molar-refractivity contribution in [3.63, 3.8) is 0 Å². The largest absolute Gasteiger partial charge is 0.356 e. The number of para-hydroxylation sites is 1. The van der Waals surface area contributed by atoms with Gasteiger partial charge < -0.3 is 20.5 Å². The lowest BCUT2D eigenvalue weighted by atomic mass is 10.1. The smallest absolute Gasteiger partial charge is 0.319 e. The van der Waals surface area contributed by atoms with Crippen LogP contribution in [0.2, 0.25) is 0 Å². The normalized spacial score (nSPS) is 10.3. The average molecular weight is 350 g/mol. The molecular formula is C19H18N4O3. The summed E-state index contributed by atoms with van der Waals surface area (Å²) in [5, 5.41) is 12.9. The molecular weight excluding hydrogens is 332 g/mol. The van der Waals surface area contributed by atoms with Gasteiger partial charge in [0.15, 0.2) is 5.58 Å². The predicted octanol–water partition coefficient (Wildman–Crippen LogP) is 3.32. The Kier molecular flexibility index (Phi) is 5.28. The quantitative estimate of drug-likeness (QED) is 0.594. The summed E-state index contributed by atoms with van der Waals surface area (Å²) in [7, 11) is 0. The van der Waals surface area contributed by atoms with E-state index in [0.717, 1.165) is 5.39 Å². The Balaban J connectivity index is 1.57. The molecule has 3 amide bonds. The van der Waals surface area contributed by atoms with Crippen LogP contribution in [0.15, 0.2) is 65.7 Å². The second-order valence-corrected chi connectivity index (χ2v) is 5.55. The predicted molar refractivity (Wildman–Crippen MR) is 100 cm³/mol. The fourth-order valence-corrected chi connectivity index (χ4v) is 2.40. The number of urea groups is 1. The van der Waals surface area contributed by atoms with Crippen molar-refractivity contribution >= 4 is 34.3 Å². The van der Waals surface area contributed by atoms with E-state index in [4.69, 9.17) is 4.52 Å². The van der Waals surface area contributed by atoms with Crippen LogP contribution in [-0.2, 0) is 11.2 Å². The molecule has 0 saturated carbocycles. The summed E-state index contributed by atoms with van der Waals surface area (Å²) in [5.41, 5.74) is 2.49. The number of benzene rings is 2. The van der Waals surface area contributed by atoms with E-state index in [1.165, 1.54) is 0 Å². The molecule has 1 aromatic heterocycles. The fourth-order valence-electron chi connectivity index (χ4n) is 2.40. The van der Waals surface area contributed by atoms with Gasteiger partial charge in [0.25, 0.3) is 0 Å². The Bertz CT molecular complexity index is 931. The van der Waals surface area contributed by atoms with Gasteiger partial charge in [-0.15, -0.1) is 6.58 Å². The summed E-state index contributed by atoms with van der Waals surface area (Å²) in [4.78, 5) is 23.8. The molecule has 0 radical (unpaired) electrons. The topological polar surface area (TPSA) is 96.3 Å². The third-order valence-electron chi connectivity index (χ3n) is 3.61. The molecule has 0 fully saturated rings.